The number of ether oxygens (including phenoxy) is 1. The second-order valence-electron chi connectivity index (χ2n) is 4.92. The summed E-state index contributed by atoms with van der Waals surface area (Å²) in [6, 6.07) is 0. The number of nitrogens with one attached hydrogen (secondary N) is 1. The Labute approximate surface area is 115 Å². The Morgan fingerprint density at radius 1 is 1.50 bits per heavy atom. The van der Waals surface area contributed by atoms with E-state index in [1.807, 2.05) is 0 Å². The molecule has 0 spiro atoms. The highest BCUT2D eigenvalue weighted by Crippen LogP contribution is 2.27. The van der Waals surface area contributed by atoms with E-state index in [0.29, 0.717) is 15.6 Å². The third-order valence-electron chi connectivity index (χ3n) is 1.99. The SMILES string of the molecule is CC(C)(C)OC(=O)NC(C)(C=O)c1cnc(Cl)s1. The fraction of sp³-hybridized carbons (Fsp3) is 0.545. The molecule has 0 aliphatic rings. The molecule has 1 aromatic rings. The molecule has 1 N–H and O–H groups in total. The lowest BCUT2D eigenvalue weighted by Crippen LogP contribution is -2.46. The molecule has 1 rings (SSSR count). The Hall–Kier alpha value is -1.14. The quantitative estimate of drug-likeness (QED) is 0.869. The second kappa shape index (κ2) is 5.24. The van der Waals surface area contributed by atoms with Crippen LogP contribution in [-0.4, -0.2) is 23.0 Å². The molecule has 7 heteroatoms. The Bertz CT molecular complexity index is 455. The maximum Gasteiger partial charge on any atom is 0.408 e. The molecule has 0 aliphatic carbocycles. The van der Waals surface area contributed by atoms with E-state index in [-0.39, 0.29) is 0 Å². The summed E-state index contributed by atoms with van der Waals surface area (Å²) in [5.41, 5.74) is -1.81. The van der Waals surface area contributed by atoms with Gasteiger partial charge in [0, 0.05) is 6.20 Å². The maximum atomic E-state index is 11.7. The van der Waals surface area contributed by atoms with Crippen molar-refractivity contribution < 1.29 is 14.3 Å². The van der Waals surface area contributed by atoms with Crippen LogP contribution in [0.25, 0.3) is 0 Å². The van der Waals surface area contributed by atoms with Crippen molar-refractivity contribution >= 4 is 35.3 Å². The van der Waals surface area contributed by atoms with Crippen LogP contribution in [0, 0.1) is 0 Å². The van der Waals surface area contributed by atoms with Crippen molar-refractivity contribution in [3.63, 3.8) is 0 Å². The number of halogens is 1. The van der Waals surface area contributed by atoms with E-state index in [4.69, 9.17) is 16.3 Å². The fourth-order valence-electron chi connectivity index (χ4n) is 1.16. The van der Waals surface area contributed by atoms with E-state index in [0.717, 1.165) is 11.3 Å². The minimum atomic E-state index is -1.19. The van der Waals surface area contributed by atoms with Crippen molar-refractivity contribution in [3.8, 4) is 0 Å². The third kappa shape index (κ3) is 3.96. The Kier molecular flexibility index (Phi) is 4.34. The minimum absolute atomic E-state index is 0.309. The topological polar surface area (TPSA) is 68.3 Å². The van der Waals surface area contributed by atoms with Crippen LogP contribution in [0.4, 0.5) is 4.79 Å². The number of amides is 1. The summed E-state index contributed by atoms with van der Waals surface area (Å²) in [5, 5.41) is 2.51. The van der Waals surface area contributed by atoms with Crippen molar-refractivity contribution in [2.45, 2.75) is 38.8 Å². The number of aromatic nitrogens is 1. The highest BCUT2D eigenvalue weighted by molar-refractivity contribution is 7.15. The first-order valence-electron chi connectivity index (χ1n) is 5.25. The predicted octanol–water partition coefficient (Wildman–Crippen LogP) is 2.74. The third-order valence-corrected chi connectivity index (χ3v) is 3.34. The van der Waals surface area contributed by atoms with Gasteiger partial charge in [0.1, 0.15) is 11.1 Å². The standard InChI is InChI=1S/C11H15ClN2O3S/c1-10(2,3)17-9(16)14-11(4,6-15)7-5-13-8(12)18-7/h5-6H,1-4H3,(H,14,16). The van der Waals surface area contributed by atoms with Gasteiger partial charge in [-0.1, -0.05) is 11.6 Å². The van der Waals surface area contributed by atoms with Gasteiger partial charge in [0.25, 0.3) is 0 Å². The van der Waals surface area contributed by atoms with Gasteiger partial charge in [-0.3, -0.25) is 0 Å². The molecule has 5 nitrogen and oxygen atoms in total. The zero-order valence-corrected chi connectivity index (χ0v) is 12.2. The number of carbonyl (C=O) groups is 2. The number of carbonyl (C=O) groups excluding carboxylic acids is 2. The lowest BCUT2D eigenvalue weighted by Gasteiger charge is -2.26. The van der Waals surface area contributed by atoms with Gasteiger partial charge in [-0.25, -0.2) is 9.78 Å². The molecule has 0 fully saturated rings. The van der Waals surface area contributed by atoms with Gasteiger partial charge in [-0.2, -0.15) is 0 Å². The molecule has 18 heavy (non-hydrogen) atoms. The first kappa shape index (κ1) is 14.9. The van der Waals surface area contributed by atoms with Gasteiger partial charge < -0.3 is 14.8 Å². The summed E-state index contributed by atoms with van der Waals surface area (Å²) in [5.74, 6) is 0. The van der Waals surface area contributed by atoms with Gasteiger partial charge in [0.2, 0.25) is 0 Å². The second-order valence-corrected chi connectivity index (χ2v) is 6.54. The minimum Gasteiger partial charge on any atom is -0.444 e. The molecule has 0 bridgehead atoms. The predicted molar refractivity (Wildman–Crippen MR) is 69.9 cm³/mol. The molecular formula is C11H15ClN2O3S. The van der Waals surface area contributed by atoms with Gasteiger partial charge in [0.15, 0.2) is 10.8 Å². The highest BCUT2D eigenvalue weighted by Gasteiger charge is 2.32. The van der Waals surface area contributed by atoms with E-state index in [1.165, 1.54) is 6.20 Å². The first-order valence-corrected chi connectivity index (χ1v) is 6.45. The molecule has 1 unspecified atom stereocenters. The van der Waals surface area contributed by atoms with E-state index < -0.39 is 17.2 Å². The Morgan fingerprint density at radius 2 is 2.11 bits per heavy atom. The van der Waals surface area contributed by atoms with Crippen LogP contribution in [0.1, 0.15) is 32.6 Å². The number of hydrogen-bond acceptors (Lipinski definition) is 5. The van der Waals surface area contributed by atoms with E-state index in [1.54, 1.807) is 27.7 Å². The van der Waals surface area contributed by atoms with E-state index in [9.17, 15) is 9.59 Å². The number of thiazole rings is 1. The zero-order valence-electron chi connectivity index (χ0n) is 10.6. The number of alkyl carbamates (subject to hydrolysis) is 1. The van der Waals surface area contributed by atoms with Crippen LogP contribution in [0.5, 0.6) is 0 Å². The van der Waals surface area contributed by atoms with Gasteiger partial charge >= 0.3 is 6.09 Å². The summed E-state index contributed by atoms with van der Waals surface area (Å²) in [6.07, 6.45) is 1.42. The van der Waals surface area contributed by atoms with Crippen LogP contribution in [0.2, 0.25) is 4.47 Å². The van der Waals surface area contributed by atoms with E-state index in [2.05, 4.69) is 10.3 Å². The van der Waals surface area contributed by atoms with Crippen molar-refractivity contribution in [3.05, 3.63) is 15.5 Å². The van der Waals surface area contributed by atoms with Crippen molar-refractivity contribution in [1.29, 1.82) is 0 Å². The molecule has 100 valence electrons. The highest BCUT2D eigenvalue weighted by atomic mass is 35.5. The zero-order chi connectivity index (χ0) is 14.0. The molecule has 0 radical (unpaired) electrons. The fourth-order valence-corrected chi connectivity index (χ4v) is 2.16. The number of rotatable bonds is 3. The molecule has 1 atom stereocenters. The van der Waals surface area contributed by atoms with Crippen molar-refractivity contribution in [2.24, 2.45) is 0 Å². The average Bonchev–Trinajstić information content (AvgIpc) is 2.62. The van der Waals surface area contributed by atoms with Gasteiger partial charge in [-0.05, 0) is 27.7 Å². The van der Waals surface area contributed by atoms with E-state index >= 15 is 0 Å². The summed E-state index contributed by atoms with van der Waals surface area (Å²) < 4.78 is 5.42. The lowest BCUT2D eigenvalue weighted by atomic mass is 10.0. The van der Waals surface area contributed by atoms with Crippen LogP contribution >= 0.6 is 22.9 Å². The van der Waals surface area contributed by atoms with Crippen LogP contribution in [-0.2, 0) is 15.1 Å². The van der Waals surface area contributed by atoms with Crippen LogP contribution in [0.3, 0.4) is 0 Å². The number of hydrogen-bond donors (Lipinski definition) is 1. The Morgan fingerprint density at radius 3 is 2.50 bits per heavy atom. The molecule has 0 aromatic carbocycles. The molecule has 0 saturated heterocycles. The largest absolute Gasteiger partial charge is 0.444 e. The first-order chi connectivity index (χ1) is 8.16. The molecule has 1 amide bonds. The maximum absolute atomic E-state index is 11.7. The van der Waals surface area contributed by atoms with Crippen LogP contribution in [0.15, 0.2) is 6.20 Å². The smallest absolute Gasteiger partial charge is 0.408 e. The molecule has 1 aromatic heterocycles. The Balaban J connectivity index is 2.84. The monoisotopic (exact) mass is 290 g/mol. The average molecular weight is 291 g/mol. The van der Waals surface area contributed by atoms with Gasteiger partial charge in [-0.15, -0.1) is 11.3 Å². The van der Waals surface area contributed by atoms with Gasteiger partial charge in [0.05, 0.1) is 4.88 Å². The molecular weight excluding hydrogens is 276 g/mol. The van der Waals surface area contributed by atoms with Crippen molar-refractivity contribution in [1.82, 2.24) is 10.3 Å². The van der Waals surface area contributed by atoms with Crippen LogP contribution < -0.4 is 5.32 Å². The normalized spacial score (nSPS) is 14.7. The molecule has 0 aliphatic heterocycles. The summed E-state index contributed by atoms with van der Waals surface area (Å²) >= 11 is 6.85. The summed E-state index contributed by atoms with van der Waals surface area (Å²) in [6.45, 7) is 6.80. The summed E-state index contributed by atoms with van der Waals surface area (Å²) in [4.78, 5) is 27.3. The van der Waals surface area contributed by atoms with Crippen molar-refractivity contribution in [2.75, 3.05) is 0 Å². The number of nitrogens with zero attached hydrogens (tertiary/aromatic N) is 1. The lowest BCUT2D eigenvalue weighted by molar-refractivity contribution is -0.113. The summed E-state index contributed by atoms with van der Waals surface area (Å²) in [7, 11) is 0. The molecule has 1 heterocycles. The molecule has 0 saturated carbocycles. The number of aldehydes is 1.